The molecule has 0 spiro atoms. The number of carbonyl (C=O) groups excluding carboxylic acids is 1. The Kier molecular flexibility index (Phi) is 3.29. The summed E-state index contributed by atoms with van der Waals surface area (Å²) in [7, 11) is 4.30. The molecule has 16 heavy (non-hydrogen) atoms. The van der Waals surface area contributed by atoms with Gasteiger partial charge < -0.3 is 0 Å². The highest BCUT2D eigenvalue weighted by Gasteiger charge is 2.39. The molecule has 0 aromatic heterocycles. The number of Topliss-reactive ketones (excluding diaryl/α,β-unsaturated/α-hetero) is 1. The summed E-state index contributed by atoms with van der Waals surface area (Å²) in [5, 5.41) is 0. The van der Waals surface area contributed by atoms with Crippen LogP contribution in [0, 0.1) is 0 Å². The zero-order valence-corrected chi connectivity index (χ0v) is 10.3. The third-order valence-corrected chi connectivity index (χ3v) is 4.10. The molecule has 0 saturated heterocycles. The molecular weight excluding hydrogens is 198 g/mol. The molecular formula is C14H21NO. The van der Waals surface area contributed by atoms with Crippen LogP contribution in [-0.4, -0.2) is 30.3 Å². The molecule has 2 aliphatic rings. The average molecular weight is 219 g/mol. The summed E-state index contributed by atoms with van der Waals surface area (Å²) < 4.78 is 0. The van der Waals surface area contributed by atoms with Crippen LogP contribution in [0.25, 0.3) is 0 Å². The number of rotatable bonds is 2. The molecule has 2 aliphatic carbocycles. The first kappa shape index (κ1) is 11.6. The zero-order chi connectivity index (χ0) is 11.6. The van der Waals surface area contributed by atoms with Crippen LogP contribution in [0.3, 0.4) is 0 Å². The van der Waals surface area contributed by atoms with Crippen molar-refractivity contribution in [3.05, 3.63) is 23.8 Å². The lowest BCUT2D eigenvalue weighted by Gasteiger charge is -2.45. The second kappa shape index (κ2) is 4.54. The summed E-state index contributed by atoms with van der Waals surface area (Å²) in [4.78, 5) is 13.7. The van der Waals surface area contributed by atoms with Crippen molar-refractivity contribution < 1.29 is 4.79 Å². The summed E-state index contributed by atoms with van der Waals surface area (Å²) in [6, 6.07) is 0. The fraction of sp³-hybridized carbons (Fsp3) is 0.643. The van der Waals surface area contributed by atoms with E-state index in [9.17, 15) is 4.79 Å². The van der Waals surface area contributed by atoms with E-state index in [1.807, 2.05) is 0 Å². The van der Waals surface area contributed by atoms with Gasteiger partial charge in [0.25, 0.3) is 0 Å². The van der Waals surface area contributed by atoms with Crippen molar-refractivity contribution in [3.63, 3.8) is 0 Å². The normalized spacial score (nSPS) is 24.7. The Hall–Kier alpha value is -0.890. The molecule has 0 atom stereocenters. The summed E-state index contributed by atoms with van der Waals surface area (Å²) in [6.07, 6.45) is 12.5. The van der Waals surface area contributed by atoms with Gasteiger partial charge in [-0.05, 0) is 45.4 Å². The Morgan fingerprint density at radius 1 is 1.19 bits per heavy atom. The quantitative estimate of drug-likeness (QED) is 0.711. The minimum absolute atomic E-state index is 0.151. The van der Waals surface area contributed by atoms with Crippen LogP contribution in [0.5, 0.6) is 0 Å². The van der Waals surface area contributed by atoms with Gasteiger partial charge >= 0.3 is 0 Å². The Balaban J connectivity index is 2.25. The molecule has 0 N–H and O–H groups in total. The molecule has 2 heteroatoms. The second-order valence-electron chi connectivity index (χ2n) is 5.12. The third kappa shape index (κ3) is 1.99. The minimum atomic E-state index is 0.151. The molecule has 0 amide bonds. The van der Waals surface area contributed by atoms with E-state index in [0.29, 0.717) is 5.78 Å². The van der Waals surface area contributed by atoms with Crippen molar-refractivity contribution >= 4 is 5.78 Å². The smallest absolute Gasteiger partial charge is 0.133 e. The van der Waals surface area contributed by atoms with E-state index in [1.54, 1.807) is 0 Å². The molecule has 0 unspecified atom stereocenters. The number of hydrogen-bond acceptors (Lipinski definition) is 2. The van der Waals surface area contributed by atoms with E-state index < -0.39 is 0 Å². The van der Waals surface area contributed by atoms with Crippen molar-refractivity contribution in [3.8, 4) is 0 Å². The lowest BCUT2D eigenvalue weighted by Crippen LogP contribution is -2.48. The summed E-state index contributed by atoms with van der Waals surface area (Å²) in [6.45, 7) is 0. The van der Waals surface area contributed by atoms with E-state index in [-0.39, 0.29) is 5.54 Å². The fourth-order valence-corrected chi connectivity index (χ4v) is 2.99. The van der Waals surface area contributed by atoms with Crippen LogP contribution in [0.4, 0.5) is 0 Å². The molecule has 88 valence electrons. The Bertz CT molecular complexity index is 329. The first-order valence-corrected chi connectivity index (χ1v) is 6.20. The maximum absolute atomic E-state index is 11.4. The monoisotopic (exact) mass is 219 g/mol. The summed E-state index contributed by atoms with van der Waals surface area (Å²) in [5.74, 6) is 0.435. The molecule has 0 radical (unpaired) electrons. The van der Waals surface area contributed by atoms with Gasteiger partial charge in [-0.3, -0.25) is 9.69 Å². The number of nitrogens with zero attached hydrogens (tertiary/aromatic N) is 1. The topological polar surface area (TPSA) is 20.3 Å². The van der Waals surface area contributed by atoms with Crippen molar-refractivity contribution in [1.29, 1.82) is 0 Å². The Morgan fingerprint density at radius 3 is 2.38 bits per heavy atom. The van der Waals surface area contributed by atoms with Gasteiger partial charge in [0.2, 0.25) is 0 Å². The highest BCUT2D eigenvalue weighted by atomic mass is 16.1. The largest absolute Gasteiger partial charge is 0.300 e. The van der Waals surface area contributed by atoms with Crippen LogP contribution in [-0.2, 0) is 4.79 Å². The summed E-state index contributed by atoms with van der Waals surface area (Å²) >= 11 is 0. The van der Waals surface area contributed by atoms with Crippen molar-refractivity contribution in [2.24, 2.45) is 0 Å². The molecule has 1 saturated carbocycles. The van der Waals surface area contributed by atoms with Gasteiger partial charge in [-0.1, -0.05) is 18.2 Å². The van der Waals surface area contributed by atoms with Crippen LogP contribution < -0.4 is 0 Å². The van der Waals surface area contributed by atoms with Crippen molar-refractivity contribution in [2.75, 3.05) is 14.1 Å². The van der Waals surface area contributed by atoms with Crippen molar-refractivity contribution in [1.82, 2.24) is 4.90 Å². The zero-order valence-electron chi connectivity index (χ0n) is 10.3. The maximum atomic E-state index is 11.4. The van der Waals surface area contributed by atoms with Crippen LogP contribution in [0.1, 0.15) is 38.5 Å². The van der Waals surface area contributed by atoms with E-state index in [2.05, 4.69) is 37.2 Å². The third-order valence-electron chi connectivity index (χ3n) is 4.10. The number of hydrogen-bond donors (Lipinski definition) is 0. The lowest BCUT2D eigenvalue weighted by atomic mass is 9.72. The highest BCUT2D eigenvalue weighted by Crippen LogP contribution is 2.39. The molecule has 0 aromatic carbocycles. The van der Waals surface area contributed by atoms with Crippen LogP contribution >= 0.6 is 0 Å². The van der Waals surface area contributed by atoms with Gasteiger partial charge in [0.1, 0.15) is 5.78 Å². The maximum Gasteiger partial charge on any atom is 0.133 e. The molecule has 0 aromatic rings. The second-order valence-corrected chi connectivity index (χ2v) is 5.12. The average Bonchev–Trinajstić information content (AvgIpc) is 2.31. The van der Waals surface area contributed by atoms with Gasteiger partial charge in [0.15, 0.2) is 0 Å². The van der Waals surface area contributed by atoms with Gasteiger partial charge in [0.05, 0.1) is 0 Å². The molecule has 0 aliphatic heterocycles. The van der Waals surface area contributed by atoms with Gasteiger partial charge in [0, 0.05) is 18.4 Å². The minimum Gasteiger partial charge on any atom is -0.300 e. The first-order chi connectivity index (χ1) is 7.65. The van der Waals surface area contributed by atoms with Gasteiger partial charge in [-0.2, -0.15) is 0 Å². The fourth-order valence-electron chi connectivity index (χ4n) is 2.99. The van der Waals surface area contributed by atoms with Gasteiger partial charge in [-0.25, -0.2) is 0 Å². The first-order valence-electron chi connectivity index (χ1n) is 6.20. The predicted octanol–water partition coefficient (Wildman–Crippen LogP) is 2.71. The number of ketones is 1. The van der Waals surface area contributed by atoms with E-state index >= 15 is 0 Å². The Morgan fingerprint density at radius 2 is 1.88 bits per heavy atom. The lowest BCUT2D eigenvalue weighted by molar-refractivity contribution is -0.122. The van der Waals surface area contributed by atoms with Crippen LogP contribution in [0.15, 0.2) is 23.8 Å². The Labute approximate surface area is 98.0 Å². The van der Waals surface area contributed by atoms with Crippen LogP contribution in [0.2, 0.25) is 0 Å². The SMILES string of the molecule is CN(C)C1(C2=CC=CCC2)CCC(=O)CC1. The predicted molar refractivity (Wildman–Crippen MR) is 66.4 cm³/mol. The van der Waals surface area contributed by atoms with E-state index in [4.69, 9.17) is 0 Å². The van der Waals surface area contributed by atoms with Crippen molar-refractivity contribution in [2.45, 2.75) is 44.1 Å². The number of allylic oxidation sites excluding steroid dienone is 3. The van der Waals surface area contributed by atoms with E-state index in [1.165, 1.54) is 5.57 Å². The van der Waals surface area contributed by atoms with E-state index in [0.717, 1.165) is 38.5 Å². The standard InChI is InChI=1S/C14H21NO/c1-15(2)14(10-8-13(16)9-11-14)12-6-4-3-5-7-12/h3-4,6H,5,7-11H2,1-2H3. The molecule has 0 heterocycles. The molecule has 2 rings (SSSR count). The van der Waals surface area contributed by atoms with Gasteiger partial charge in [-0.15, -0.1) is 0 Å². The number of carbonyl (C=O) groups is 1. The highest BCUT2D eigenvalue weighted by molar-refractivity contribution is 5.79. The molecule has 2 nitrogen and oxygen atoms in total. The molecule has 1 fully saturated rings. The molecule has 0 bridgehead atoms. The number of likely N-dealkylation sites (N-methyl/N-ethyl adjacent to an activating group) is 1. The summed E-state index contributed by atoms with van der Waals surface area (Å²) in [5.41, 5.74) is 1.67.